The lowest BCUT2D eigenvalue weighted by Crippen LogP contribution is -2.13. The summed E-state index contributed by atoms with van der Waals surface area (Å²) in [6.45, 7) is 7.04. The number of hydrogen-bond donors (Lipinski definition) is 1. The lowest BCUT2D eigenvalue weighted by atomic mass is 10.2. The normalized spacial score (nSPS) is 10.9. The number of nitrogens with one attached hydrogen (secondary N) is 1. The van der Waals surface area contributed by atoms with E-state index in [0.717, 1.165) is 31.0 Å². The van der Waals surface area contributed by atoms with Crippen molar-refractivity contribution >= 4 is 11.6 Å². The van der Waals surface area contributed by atoms with Crippen LogP contribution in [-0.4, -0.2) is 19.8 Å². The van der Waals surface area contributed by atoms with Crippen molar-refractivity contribution in [2.24, 2.45) is 0 Å². The predicted octanol–water partition coefficient (Wildman–Crippen LogP) is 3.72. The van der Waals surface area contributed by atoms with Crippen LogP contribution in [0.1, 0.15) is 25.8 Å². The second-order valence-corrected chi connectivity index (χ2v) is 4.32. The van der Waals surface area contributed by atoms with Crippen LogP contribution in [0.2, 0.25) is 0 Å². The highest BCUT2D eigenvalue weighted by molar-refractivity contribution is 6.25. The summed E-state index contributed by atoms with van der Waals surface area (Å²) < 4.78 is 11.2. The Bertz CT molecular complexity index is 394. The maximum Gasteiger partial charge on any atom is 0.161 e. The van der Waals surface area contributed by atoms with E-state index in [1.54, 1.807) is 6.08 Å². The molecule has 0 unspecified atom stereocenters. The molecule has 0 fully saturated rings. The number of ether oxygens (including phenoxy) is 2. The van der Waals surface area contributed by atoms with Crippen LogP contribution < -0.4 is 14.8 Å². The number of halogens is 1. The van der Waals surface area contributed by atoms with E-state index in [0.29, 0.717) is 13.2 Å². The number of benzene rings is 1. The largest absolute Gasteiger partial charge is 0.490 e. The predicted molar refractivity (Wildman–Crippen MR) is 80.1 cm³/mol. The Hall–Kier alpha value is -1.19. The molecule has 0 aliphatic heterocycles. The first-order chi connectivity index (χ1) is 9.31. The molecule has 0 radical (unpaired) electrons. The van der Waals surface area contributed by atoms with E-state index in [2.05, 4.69) is 12.2 Å². The van der Waals surface area contributed by atoms with Crippen LogP contribution >= 0.6 is 11.6 Å². The Morgan fingerprint density at radius 1 is 1.21 bits per heavy atom. The van der Waals surface area contributed by atoms with Gasteiger partial charge in [0.25, 0.3) is 0 Å². The van der Waals surface area contributed by atoms with Gasteiger partial charge in [0.2, 0.25) is 0 Å². The van der Waals surface area contributed by atoms with Crippen LogP contribution in [0.3, 0.4) is 0 Å². The van der Waals surface area contributed by atoms with Crippen LogP contribution in [-0.2, 0) is 6.54 Å². The zero-order valence-corrected chi connectivity index (χ0v) is 12.4. The fourth-order valence-electron chi connectivity index (χ4n) is 1.63. The lowest BCUT2D eigenvalue weighted by Gasteiger charge is -2.12. The topological polar surface area (TPSA) is 30.5 Å². The molecule has 0 bridgehead atoms. The van der Waals surface area contributed by atoms with Gasteiger partial charge in [-0.15, -0.1) is 0 Å². The van der Waals surface area contributed by atoms with Gasteiger partial charge in [0, 0.05) is 12.1 Å². The van der Waals surface area contributed by atoms with E-state index in [1.807, 2.05) is 25.1 Å². The van der Waals surface area contributed by atoms with E-state index >= 15 is 0 Å². The fraction of sp³-hybridized carbons (Fsp3) is 0.467. The SMILES string of the molecule is CCCNCc1ccc(OC/C=C/Cl)c(OCC)c1. The number of rotatable bonds is 9. The average molecular weight is 284 g/mol. The van der Waals surface area contributed by atoms with Gasteiger partial charge in [-0.3, -0.25) is 0 Å². The van der Waals surface area contributed by atoms with Gasteiger partial charge < -0.3 is 14.8 Å². The summed E-state index contributed by atoms with van der Waals surface area (Å²) in [5.74, 6) is 1.53. The highest BCUT2D eigenvalue weighted by Crippen LogP contribution is 2.28. The molecule has 1 N–H and O–H groups in total. The molecular weight excluding hydrogens is 262 g/mol. The Labute approximate surface area is 120 Å². The molecule has 0 heterocycles. The smallest absolute Gasteiger partial charge is 0.161 e. The third kappa shape index (κ3) is 5.99. The summed E-state index contributed by atoms with van der Waals surface area (Å²) in [5.41, 5.74) is 2.64. The Balaban J connectivity index is 2.69. The summed E-state index contributed by atoms with van der Waals surface area (Å²) in [7, 11) is 0. The molecule has 0 spiro atoms. The van der Waals surface area contributed by atoms with Gasteiger partial charge in [-0.05, 0) is 43.7 Å². The Morgan fingerprint density at radius 2 is 2.05 bits per heavy atom. The van der Waals surface area contributed by atoms with Gasteiger partial charge in [-0.25, -0.2) is 0 Å². The summed E-state index contributed by atoms with van der Waals surface area (Å²) >= 11 is 5.46. The molecule has 4 heteroatoms. The lowest BCUT2D eigenvalue weighted by molar-refractivity contribution is 0.296. The van der Waals surface area contributed by atoms with Crippen molar-refractivity contribution in [1.82, 2.24) is 5.32 Å². The third-order valence-corrected chi connectivity index (χ3v) is 2.67. The maximum absolute atomic E-state index is 5.60. The maximum atomic E-state index is 5.60. The summed E-state index contributed by atoms with van der Waals surface area (Å²) in [6, 6.07) is 6.01. The Morgan fingerprint density at radius 3 is 2.74 bits per heavy atom. The van der Waals surface area contributed by atoms with E-state index in [1.165, 1.54) is 11.1 Å². The van der Waals surface area contributed by atoms with E-state index in [-0.39, 0.29) is 0 Å². The van der Waals surface area contributed by atoms with Crippen LogP contribution in [0.15, 0.2) is 29.8 Å². The number of hydrogen-bond acceptors (Lipinski definition) is 3. The van der Waals surface area contributed by atoms with Crippen molar-refractivity contribution in [3.8, 4) is 11.5 Å². The van der Waals surface area contributed by atoms with Crippen LogP contribution in [0.5, 0.6) is 11.5 Å². The average Bonchev–Trinajstić information content (AvgIpc) is 2.42. The van der Waals surface area contributed by atoms with Gasteiger partial charge in [-0.2, -0.15) is 0 Å². The molecule has 0 amide bonds. The zero-order chi connectivity index (χ0) is 13.9. The third-order valence-electron chi connectivity index (χ3n) is 2.49. The van der Waals surface area contributed by atoms with Crippen molar-refractivity contribution < 1.29 is 9.47 Å². The zero-order valence-electron chi connectivity index (χ0n) is 11.6. The van der Waals surface area contributed by atoms with Crippen LogP contribution in [0.25, 0.3) is 0 Å². The molecule has 0 aromatic heterocycles. The van der Waals surface area contributed by atoms with Crippen molar-refractivity contribution in [1.29, 1.82) is 0 Å². The van der Waals surface area contributed by atoms with Gasteiger partial charge >= 0.3 is 0 Å². The highest BCUT2D eigenvalue weighted by atomic mass is 35.5. The first kappa shape index (κ1) is 15.9. The van der Waals surface area contributed by atoms with Gasteiger partial charge in [-0.1, -0.05) is 24.6 Å². The molecule has 0 atom stereocenters. The molecule has 1 rings (SSSR count). The highest BCUT2D eigenvalue weighted by Gasteiger charge is 2.05. The Kier molecular flexibility index (Phi) is 8.10. The minimum absolute atomic E-state index is 0.441. The van der Waals surface area contributed by atoms with Crippen molar-refractivity contribution in [2.75, 3.05) is 19.8 Å². The molecule has 0 saturated heterocycles. The second kappa shape index (κ2) is 9.70. The van der Waals surface area contributed by atoms with Gasteiger partial charge in [0.1, 0.15) is 6.61 Å². The molecular formula is C15H22ClNO2. The molecule has 0 aliphatic carbocycles. The first-order valence-corrected chi connectivity index (χ1v) is 7.09. The molecule has 3 nitrogen and oxygen atoms in total. The summed E-state index contributed by atoms with van der Waals surface area (Å²) in [6.07, 6.45) is 2.87. The molecule has 0 saturated carbocycles. The molecule has 106 valence electrons. The first-order valence-electron chi connectivity index (χ1n) is 6.66. The van der Waals surface area contributed by atoms with Gasteiger partial charge in [0.05, 0.1) is 6.61 Å². The molecule has 0 aliphatic rings. The van der Waals surface area contributed by atoms with E-state index in [9.17, 15) is 0 Å². The standard InChI is InChI=1S/C15H22ClNO2/c1-3-9-17-12-13-6-7-14(19-10-5-8-16)15(11-13)18-4-2/h5-8,11,17H,3-4,9-10,12H2,1-2H3/b8-5+. The monoisotopic (exact) mass is 283 g/mol. The fourth-order valence-corrected chi connectivity index (χ4v) is 1.71. The second-order valence-electron chi connectivity index (χ2n) is 4.06. The molecule has 1 aromatic rings. The molecule has 1 aromatic carbocycles. The summed E-state index contributed by atoms with van der Waals surface area (Å²) in [5, 5.41) is 3.37. The minimum atomic E-state index is 0.441. The van der Waals surface area contributed by atoms with Crippen LogP contribution in [0, 0.1) is 0 Å². The van der Waals surface area contributed by atoms with Crippen molar-refractivity contribution in [2.45, 2.75) is 26.8 Å². The van der Waals surface area contributed by atoms with E-state index in [4.69, 9.17) is 21.1 Å². The van der Waals surface area contributed by atoms with Gasteiger partial charge in [0.15, 0.2) is 11.5 Å². The van der Waals surface area contributed by atoms with Crippen molar-refractivity contribution in [3.05, 3.63) is 35.4 Å². The van der Waals surface area contributed by atoms with E-state index < -0.39 is 0 Å². The summed E-state index contributed by atoms with van der Waals surface area (Å²) in [4.78, 5) is 0. The molecule has 19 heavy (non-hydrogen) atoms. The van der Waals surface area contributed by atoms with Crippen LogP contribution in [0.4, 0.5) is 0 Å². The quantitative estimate of drug-likeness (QED) is 0.701. The minimum Gasteiger partial charge on any atom is -0.490 e. The van der Waals surface area contributed by atoms with Crippen molar-refractivity contribution in [3.63, 3.8) is 0 Å².